The van der Waals surface area contributed by atoms with E-state index in [1.807, 2.05) is 0 Å². The van der Waals surface area contributed by atoms with Gasteiger partial charge >= 0.3 is 0 Å². The summed E-state index contributed by atoms with van der Waals surface area (Å²) < 4.78 is 0. The van der Waals surface area contributed by atoms with Crippen molar-refractivity contribution in [2.24, 2.45) is 0 Å². The molecular weight excluding hydrogens is 212 g/mol. The van der Waals surface area contributed by atoms with Gasteiger partial charge in [0.05, 0.1) is 11.8 Å². The Morgan fingerprint density at radius 3 is 2.42 bits per heavy atom. The van der Waals surface area contributed by atoms with Crippen LogP contribution < -0.4 is 0 Å². The van der Waals surface area contributed by atoms with Gasteiger partial charge in [-0.15, -0.1) is 5.92 Å². The van der Waals surface area contributed by atoms with Crippen molar-refractivity contribution in [1.29, 1.82) is 0 Å². The quantitative estimate of drug-likeness (QED) is 0.394. The smallest absolute Gasteiger partial charge is 0.0702 e. The van der Waals surface area contributed by atoms with E-state index in [1.54, 1.807) is 0 Å². The Kier molecular flexibility index (Phi) is 10.2. The number of hydrogen-bond acceptors (Lipinski definition) is 0. The SMILES string of the molecule is CCCCCC#CCC#CCBr. The van der Waals surface area contributed by atoms with Gasteiger partial charge in [-0.1, -0.05) is 53.5 Å². The summed E-state index contributed by atoms with van der Waals surface area (Å²) in [4.78, 5) is 0. The van der Waals surface area contributed by atoms with E-state index >= 15 is 0 Å². The third kappa shape index (κ3) is 9.60. The summed E-state index contributed by atoms with van der Waals surface area (Å²) in [6, 6.07) is 0. The van der Waals surface area contributed by atoms with Gasteiger partial charge in [0.2, 0.25) is 0 Å². The molecule has 66 valence electrons. The van der Waals surface area contributed by atoms with Crippen molar-refractivity contribution in [2.45, 2.75) is 39.0 Å². The molecule has 12 heavy (non-hydrogen) atoms. The molecule has 0 N–H and O–H groups in total. The van der Waals surface area contributed by atoms with Crippen LogP contribution in [0.2, 0.25) is 0 Å². The van der Waals surface area contributed by atoms with Crippen LogP contribution in [0.4, 0.5) is 0 Å². The first-order valence-electron chi connectivity index (χ1n) is 4.39. The number of halogens is 1. The molecule has 0 rings (SSSR count). The Bertz CT molecular complexity index is 197. The Labute approximate surface area is 84.3 Å². The summed E-state index contributed by atoms with van der Waals surface area (Å²) in [6.07, 6.45) is 5.55. The second kappa shape index (κ2) is 10.6. The maximum Gasteiger partial charge on any atom is 0.0702 e. The Morgan fingerprint density at radius 1 is 1.00 bits per heavy atom. The predicted molar refractivity (Wildman–Crippen MR) is 58.1 cm³/mol. The third-order valence-corrected chi connectivity index (χ3v) is 1.68. The van der Waals surface area contributed by atoms with Crippen LogP contribution in [0.25, 0.3) is 0 Å². The van der Waals surface area contributed by atoms with E-state index in [0.29, 0.717) is 0 Å². The van der Waals surface area contributed by atoms with E-state index < -0.39 is 0 Å². The van der Waals surface area contributed by atoms with Crippen LogP contribution >= 0.6 is 15.9 Å². The average molecular weight is 227 g/mol. The van der Waals surface area contributed by atoms with E-state index in [4.69, 9.17) is 0 Å². The third-order valence-electron chi connectivity index (χ3n) is 1.40. The van der Waals surface area contributed by atoms with Gasteiger partial charge in [-0.2, -0.15) is 0 Å². The zero-order chi connectivity index (χ0) is 9.07. The summed E-state index contributed by atoms with van der Waals surface area (Å²) in [5.41, 5.74) is 0. The lowest BCUT2D eigenvalue weighted by molar-refractivity contribution is 0.737. The topological polar surface area (TPSA) is 0 Å². The van der Waals surface area contributed by atoms with E-state index in [0.717, 1.165) is 18.2 Å². The second-order valence-electron chi connectivity index (χ2n) is 2.47. The summed E-state index contributed by atoms with van der Waals surface area (Å²) >= 11 is 3.23. The van der Waals surface area contributed by atoms with Crippen molar-refractivity contribution in [3.05, 3.63) is 0 Å². The fourth-order valence-electron chi connectivity index (χ4n) is 0.768. The number of hydrogen-bond donors (Lipinski definition) is 0. The first-order valence-corrected chi connectivity index (χ1v) is 5.51. The lowest BCUT2D eigenvalue weighted by atomic mass is 10.2. The number of unbranched alkanes of at least 4 members (excludes halogenated alkanes) is 3. The summed E-state index contributed by atoms with van der Waals surface area (Å²) in [6.45, 7) is 2.20. The van der Waals surface area contributed by atoms with Gasteiger partial charge < -0.3 is 0 Å². The standard InChI is InChI=1S/C11H15Br/c1-2-3-4-5-6-7-8-9-10-11-12/h2-5,8,11H2,1H3. The van der Waals surface area contributed by atoms with Crippen LogP contribution in [0, 0.1) is 23.7 Å². The lowest BCUT2D eigenvalue weighted by Gasteiger charge is -1.87. The van der Waals surface area contributed by atoms with E-state index in [1.165, 1.54) is 19.3 Å². The summed E-state index contributed by atoms with van der Waals surface area (Å²) in [5.74, 6) is 12.0. The van der Waals surface area contributed by atoms with Gasteiger partial charge in [0, 0.05) is 6.42 Å². The molecular formula is C11H15Br. The predicted octanol–water partition coefficient (Wildman–Crippen LogP) is 3.36. The molecule has 0 atom stereocenters. The molecule has 0 spiro atoms. The van der Waals surface area contributed by atoms with Crippen LogP contribution in [0.5, 0.6) is 0 Å². The van der Waals surface area contributed by atoms with Crippen LogP contribution in [-0.4, -0.2) is 5.33 Å². The molecule has 0 bridgehead atoms. The lowest BCUT2D eigenvalue weighted by Crippen LogP contribution is -1.71. The minimum atomic E-state index is 0.720. The fraction of sp³-hybridized carbons (Fsp3) is 0.636. The van der Waals surface area contributed by atoms with E-state index in [9.17, 15) is 0 Å². The summed E-state index contributed by atoms with van der Waals surface area (Å²) in [7, 11) is 0. The highest BCUT2D eigenvalue weighted by atomic mass is 79.9. The van der Waals surface area contributed by atoms with Crippen LogP contribution in [-0.2, 0) is 0 Å². The molecule has 0 fully saturated rings. The van der Waals surface area contributed by atoms with Gasteiger partial charge in [-0.25, -0.2) is 0 Å². The average Bonchev–Trinajstić information content (AvgIpc) is 2.10. The van der Waals surface area contributed by atoms with Crippen molar-refractivity contribution < 1.29 is 0 Å². The summed E-state index contributed by atoms with van der Waals surface area (Å²) in [5, 5.41) is 0.754. The fourth-order valence-corrected chi connectivity index (χ4v) is 0.966. The molecule has 0 aromatic heterocycles. The largest absolute Gasteiger partial charge is 0.102 e. The van der Waals surface area contributed by atoms with Gasteiger partial charge in [-0.05, 0) is 6.42 Å². The minimum absolute atomic E-state index is 0.720. The monoisotopic (exact) mass is 226 g/mol. The van der Waals surface area contributed by atoms with Crippen molar-refractivity contribution >= 4 is 15.9 Å². The molecule has 0 saturated heterocycles. The molecule has 0 aliphatic heterocycles. The molecule has 0 aromatic rings. The van der Waals surface area contributed by atoms with Crippen molar-refractivity contribution in [3.63, 3.8) is 0 Å². The molecule has 0 aromatic carbocycles. The maximum absolute atomic E-state index is 3.23. The van der Waals surface area contributed by atoms with E-state index in [2.05, 4.69) is 46.5 Å². The molecule has 0 saturated carbocycles. The highest BCUT2D eigenvalue weighted by Gasteiger charge is 1.79. The maximum atomic E-state index is 3.23. The molecule has 0 heterocycles. The molecule has 0 aliphatic rings. The minimum Gasteiger partial charge on any atom is -0.102 e. The molecule has 0 radical (unpaired) electrons. The number of alkyl halides is 1. The zero-order valence-corrected chi connectivity index (χ0v) is 9.21. The molecule has 0 unspecified atom stereocenters. The van der Waals surface area contributed by atoms with Crippen molar-refractivity contribution in [3.8, 4) is 23.7 Å². The van der Waals surface area contributed by atoms with Crippen molar-refractivity contribution in [2.75, 3.05) is 5.33 Å². The van der Waals surface area contributed by atoms with Crippen LogP contribution in [0.3, 0.4) is 0 Å². The van der Waals surface area contributed by atoms with Gasteiger partial charge in [0.25, 0.3) is 0 Å². The normalized spacial score (nSPS) is 7.83. The van der Waals surface area contributed by atoms with Gasteiger partial charge in [-0.3, -0.25) is 0 Å². The molecule has 0 aliphatic carbocycles. The van der Waals surface area contributed by atoms with Gasteiger partial charge in [0.1, 0.15) is 0 Å². The number of rotatable bonds is 3. The zero-order valence-electron chi connectivity index (χ0n) is 7.62. The first kappa shape index (κ1) is 11.6. The molecule has 1 heteroatoms. The molecule has 0 nitrogen and oxygen atoms in total. The van der Waals surface area contributed by atoms with Crippen molar-refractivity contribution in [1.82, 2.24) is 0 Å². The Hall–Kier alpha value is -0.400. The van der Waals surface area contributed by atoms with Crippen LogP contribution in [0.1, 0.15) is 39.0 Å². The van der Waals surface area contributed by atoms with E-state index in [-0.39, 0.29) is 0 Å². The second-order valence-corrected chi connectivity index (χ2v) is 3.04. The van der Waals surface area contributed by atoms with Gasteiger partial charge in [0.15, 0.2) is 0 Å². The van der Waals surface area contributed by atoms with Crippen LogP contribution in [0.15, 0.2) is 0 Å². The Balaban J connectivity index is 3.23. The molecule has 0 amide bonds. The highest BCUT2D eigenvalue weighted by Crippen LogP contribution is 1.96. The highest BCUT2D eigenvalue weighted by molar-refractivity contribution is 9.09. The Morgan fingerprint density at radius 2 is 1.75 bits per heavy atom. The first-order chi connectivity index (χ1) is 5.91.